The molecule has 1 atom stereocenters. The predicted octanol–water partition coefficient (Wildman–Crippen LogP) is 1.03. The van der Waals surface area contributed by atoms with E-state index in [9.17, 15) is 0 Å². The van der Waals surface area contributed by atoms with Crippen LogP contribution in [0.15, 0.2) is 4.52 Å². The molecular weight excluding hydrogens is 142 g/mol. The van der Waals surface area contributed by atoms with E-state index in [1.807, 2.05) is 13.8 Å². The minimum atomic E-state index is -0.142. The van der Waals surface area contributed by atoms with Gasteiger partial charge >= 0.3 is 0 Å². The largest absolute Gasteiger partial charge is 0.338 e. The fraction of sp³-hybridized carbons (Fsp3) is 0.714. The number of nitrogens with two attached hydrogens (primary N) is 1. The second-order valence-corrected chi connectivity index (χ2v) is 2.95. The summed E-state index contributed by atoms with van der Waals surface area (Å²) in [5.74, 6) is 1.49. The highest BCUT2D eigenvalue weighted by molar-refractivity contribution is 4.90. The van der Waals surface area contributed by atoms with Gasteiger partial charge in [-0.1, -0.05) is 19.0 Å². The second kappa shape index (κ2) is 3.00. The summed E-state index contributed by atoms with van der Waals surface area (Å²) in [5, 5.41) is 3.65. The lowest BCUT2D eigenvalue weighted by molar-refractivity contribution is 0.323. The van der Waals surface area contributed by atoms with Gasteiger partial charge in [-0.2, -0.15) is 4.98 Å². The van der Waals surface area contributed by atoms with E-state index in [-0.39, 0.29) is 6.04 Å². The number of aryl methyl sites for hydroxylation is 1. The molecule has 1 aromatic heterocycles. The first-order valence-electron chi connectivity index (χ1n) is 3.67. The fourth-order valence-corrected chi connectivity index (χ4v) is 0.734. The Labute approximate surface area is 65.8 Å². The van der Waals surface area contributed by atoms with E-state index in [4.69, 9.17) is 10.3 Å². The third kappa shape index (κ3) is 1.77. The van der Waals surface area contributed by atoms with Gasteiger partial charge in [0, 0.05) is 0 Å². The average molecular weight is 155 g/mol. The highest BCUT2D eigenvalue weighted by Crippen LogP contribution is 2.15. The van der Waals surface area contributed by atoms with E-state index >= 15 is 0 Å². The zero-order chi connectivity index (χ0) is 8.43. The summed E-state index contributed by atoms with van der Waals surface area (Å²) in [7, 11) is 0. The molecule has 0 aliphatic heterocycles. The summed E-state index contributed by atoms with van der Waals surface area (Å²) in [6, 6.07) is -0.142. The zero-order valence-corrected chi connectivity index (χ0v) is 7.03. The Bertz CT molecular complexity index is 231. The summed E-state index contributed by atoms with van der Waals surface area (Å²) >= 11 is 0. The predicted molar refractivity (Wildman–Crippen MR) is 40.8 cm³/mol. The van der Waals surface area contributed by atoms with Crippen LogP contribution in [-0.2, 0) is 0 Å². The van der Waals surface area contributed by atoms with Crippen LogP contribution in [0.1, 0.15) is 31.6 Å². The molecule has 0 aromatic carbocycles. The third-order valence-electron chi connectivity index (χ3n) is 1.55. The Balaban J connectivity index is 2.76. The van der Waals surface area contributed by atoms with Gasteiger partial charge < -0.3 is 10.3 Å². The average Bonchev–Trinajstić information content (AvgIpc) is 2.34. The number of hydrogen-bond donors (Lipinski definition) is 1. The molecule has 0 amide bonds. The van der Waals surface area contributed by atoms with Gasteiger partial charge in [-0.05, 0) is 12.8 Å². The van der Waals surface area contributed by atoms with Gasteiger partial charge in [-0.25, -0.2) is 0 Å². The monoisotopic (exact) mass is 155 g/mol. The Hall–Kier alpha value is -0.900. The van der Waals surface area contributed by atoms with Crippen molar-refractivity contribution in [1.82, 2.24) is 10.1 Å². The van der Waals surface area contributed by atoms with Crippen molar-refractivity contribution < 1.29 is 4.52 Å². The Kier molecular flexibility index (Phi) is 2.24. The minimum Gasteiger partial charge on any atom is -0.338 e. The number of nitrogens with zero attached hydrogens (tertiary/aromatic N) is 2. The first-order chi connectivity index (χ1) is 5.11. The van der Waals surface area contributed by atoms with E-state index in [0.717, 1.165) is 0 Å². The molecule has 4 nitrogen and oxygen atoms in total. The standard InChI is InChI=1S/C7H13N3O/c1-4(2)6(8)7-9-5(3)10-11-7/h4,6H,8H2,1-3H3/t6-/m0/s1. The molecule has 0 spiro atoms. The molecule has 0 unspecified atom stereocenters. The van der Waals surface area contributed by atoms with Crippen LogP contribution in [0.4, 0.5) is 0 Å². The van der Waals surface area contributed by atoms with Gasteiger partial charge in [0.25, 0.3) is 0 Å². The van der Waals surface area contributed by atoms with Crippen molar-refractivity contribution in [3.05, 3.63) is 11.7 Å². The molecule has 1 heterocycles. The van der Waals surface area contributed by atoms with Gasteiger partial charge in [-0.3, -0.25) is 0 Å². The van der Waals surface area contributed by atoms with Crippen molar-refractivity contribution in [1.29, 1.82) is 0 Å². The highest BCUT2D eigenvalue weighted by Gasteiger charge is 2.16. The summed E-state index contributed by atoms with van der Waals surface area (Å²) < 4.78 is 4.90. The number of aromatic nitrogens is 2. The van der Waals surface area contributed by atoms with Crippen LogP contribution in [0.3, 0.4) is 0 Å². The maximum absolute atomic E-state index is 5.75. The molecule has 2 N–H and O–H groups in total. The van der Waals surface area contributed by atoms with Crippen LogP contribution in [0.25, 0.3) is 0 Å². The maximum Gasteiger partial charge on any atom is 0.243 e. The second-order valence-electron chi connectivity index (χ2n) is 2.95. The minimum absolute atomic E-state index is 0.142. The lowest BCUT2D eigenvalue weighted by atomic mass is 10.1. The fourth-order valence-electron chi connectivity index (χ4n) is 0.734. The lowest BCUT2D eigenvalue weighted by Gasteiger charge is -2.08. The van der Waals surface area contributed by atoms with Crippen molar-refractivity contribution in [3.63, 3.8) is 0 Å². The van der Waals surface area contributed by atoms with Crippen LogP contribution in [0.5, 0.6) is 0 Å². The zero-order valence-electron chi connectivity index (χ0n) is 7.03. The van der Waals surface area contributed by atoms with Crippen LogP contribution < -0.4 is 5.73 Å². The van der Waals surface area contributed by atoms with E-state index < -0.39 is 0 Å². The molecule has 0 fully saturated rings. The molecule has 0 aliphatic rings. The van der Waals surface area contributed by atoms with Crippen LogP contribution in [-0.4, -0.2) is 10.1 Å². The molecule has 1 rings (SSSR count). The summed E-state index contributed by atoms with van der Waals surface area (Å²) in [4.78, 5) is 4.03. The van der Waals surface area contributed by atoms with Gasteiger partial charge in [0.05, 0.1) is 6.04 Å². The summed E-state index contributed by atoms with van der Waals surface area (Å²) in [6.07, 6.45) is 0. The van der Waals surface area contributed by atoms with Crippen molar-refractivity contribution >= 4 is 0 Å². The van der Waals surface area contributed by atoms with E-state index in [2.05, 4.69) is 10.1 Å². The van der Waals surface area contributed by atoms with Gasteiger partial charge in [0.15, 0.2) is 5.82 Å². The van der Waals surface area contributed by atoms with Crippen LogP contribution >= 0.6 is 0 Å². The molecule has 62 valence electrons. The molecule has 11 heavy (non-hydrogen) atoms. The first kappa shape index (κ1) is 8.20. The lowest BCUT2D eigenvalue weighted by Crippen LogP contribution is -2.16. The topological polar surface area (TPSA) is 64.9 Å². The molecule has 0 aliphatic carbocycles. The van der Waals surface area contributed by atoms with E-state index in [0.29, 0.717) is 17.6 Å². The Morgan fingerprint density at radius 3 is 2.45 bits per heavy atom. The number of hydrogen-bond acceptors (Lipinski definition) is 4. The third-order valence-corrected chi connectivity index (χ3v) is 1.55. The van der Waals surface area contributed by atoms with Crippen LogP contribution in [0.2, 0.25) is 0 Å². The van der Waals surface area contributed by atoms with Crippen LogP contribution in [0, 0.1) is 12.8 Å². The van der Waals surface area contributed by atoms with Crippen molar-refractivity contribution in [2.45, 2.75) is 26.8 Å². The van der Waals surface area contributed by atoms with E-state index in [1.54, 1.807) is 6.92 Å². The quantitative estimate of drug-likeness (QED) is 0.692. The summed E-state index contributed by atoms with van der Waals surface area (Å²) in [5.41, 5.74) is 5.75. The SMILES string of the molecule is Cc1noc([C@@H](N)C(C)C)n1. The molecular formula is C7H13N3O. The van der Waals surface area contributed by atoms with Crippen molar-refractivity contribution in [3.8, 4) is 0 Å². The Morgan fingerprint density at radius 2 is 2.09 bits per heavy atom. The normalized spacial score (nSPS) is 13.9. The molecule has 1 aromatic rings. The molecule has 0 saturated heterocycles. The number of rotatable bonds is 2. The summed E-state index contributed by atoms with van der Waals surface area (Å²) in [6.45, 7) is 5.81. The van der Waals surface area contributed by atoms with E-state index in [1.165, 1.54) is 0 Å². The molecule has 0 saturated carbocycles. The maximum atomic E-state index is 5.75. The van der Waals surface area contributed by atoms with Gasteiger partial charge in [0.1, 0.15) is 0 Å². The first-order valence-corrected chi connectivity index (χ1v) is 3.67. The smallest absolute Gasteiger partial charge is 0.243 e. The molecule has 4 heteroatoms. The van der Waals surface area contributed by atoms with Gasteiger partial charge in [-0.15, -0.1) is 0 Å². The molecule has 0 bridgehead atoms. The Morgan fingerprint density at radius 1 is 1.45 bits per heavy atom. The molecule has 0 radical (unpaired) electrons. The van der Waals surface area contributed by atoms with Crippen molar-refractivity contribution in [2.75, 3.05) is 0 Å². The van der Waals surface area contributed by atoms with Crippen molar-refractivity contribution in [2.24, 2.45) is 11.7 Å². The van der Waals surface area contributed by atoms with Gasteiger partial charge in [0.2, 0.25) is 5.89 Å². The highest BCUT2D eigenvalue weighted by atomic mass is 16.5.